The average Bonchev–Trinajstić information content (AvgIpc) is 2.48. The minimum absolute atomic E-state index is 0.0200. The molecule has 6 nitrogen and oxygen atoms in total. The van der Waals surface area contributed by atoms with Crippen molar-refractivity contribution in [2.45, 2.75) is 6.92 Å². The summed E-state index contributed by atoms with van der Waals surface area (Å²) < 4.78 is 0. The van der Waals surface area contributed by atoms with E-state index in [4.69, 9.17) is 5.11 Å². The number of amides is 1. The number of carbonyl (C=O) groups excluding carboxylic acids is 1. The number of aromatic nitrogens is 1. The van der Waals surface area contributed by atoms with Crippen LogP contribution in [0.2, 0.25) is 0 Å². The van der Waals surface area contributed by atoms with Crippen molar-refractivity contribution in [3.8, 4) is 0 Å². The van der Waals surface area contributed by atoms with Crippen LogP contribution < -0.4 is 5.32 Å². The van der Waals surface area contributed by atoms with Gasteiger partial charge in [0.25, 0.3) is 5.91 Å². The molecule has 0 bridgehead atoms. The second-order valence-corrected chi connectivity index (χ2v) is 4.80. The molecule has 1 aromatic rings. The molecular formula is C14H22N4O2. The average molecular weight is 278 g/mol. The third kappa shape index (κ3) is 3.68. The number of β-amino-alcohol motifs (C(OH)–C–C–N with tert-alkyl or cyclic N) is 1. The van der Waals surface area contributed by atoms with Crippen molar-refractivity contribution in [2.24, 2.45) is 0 Å². The van der Waals surface area contributed by atoms with Crippen LogP contribution in [0, 0.1) is 0 Å². The standard InChI is InChI=1S/C14H22N4O2/c1-2-15-13-5-3-4-12(16-13)14(20)18-8-6-17(7-9-18)10-11-19/h3-5,19H,2,6-11H2,1H3,(H,15,16). The van der Waals surface area contributed by atoms with Crippen molar-refractivity contribution in [1.29, 1.82) is 0 Å². The van der Waals surface area contributed by atoms with Crippen LogP contribution in [0.3, 0.4) is 0 Å². The van der Waals surface area contributed by atoms with Crippen LogP contribution in [0.5, 0.6) is 0 Å². The molecule has 0 saturated carbocycles. The summed E-state index contributed by atoms with van der Waals surface area (Å²) in [4.78, 5) is 20.7. The number of aliphatic hydroxyl groups excluding tert-OH is 1. The molecule has 6 heteroatoms. The molecule has 0 atom stereocenters. The molecule has 1 aliphatic heterocycles. The highest BCUT2D eigenvalue weighted by atomic mass is 16.3. The van der Waals surface area contributed by atoms with Crippen molar-refractivity contribution >= 4 is 11.7 Å². The maximum absolute atomic E-state index is 12.4. The van der Waals surface area contributed by atoms with Crippen LogP contribution in [0.15, 0.2) is 18.2 Å². The maximum atomic E-state index is 12.4. The van der Waals surface area contributed by atoms with Gasteiger partial charge in [-0.1, -0.05) is 6.07 Å². The van der Waals surface area contributed by atoms with Gasteiger partial charge in [0, 0.05) is 39.3 Å². The van der Waals surface area contributed by atoms with Crippen molar-refractivity contribution < 1.29 is 9.90 Å². The zero-order valence-electron chi connectivity index (χ0n) is 11.9. The quantitative estimate of drug-likeness (QED) is 0.809. The summed E-state index contributed by atoms with van der Waals surface area (Å²) in [5.74, 6) is 0.714. The predicted octanol–water partition coefficient (Wildman–Crippen LogP) is 0.263. The zero-order chi connectivity index (χ0) is 14.4. The topological polar surface area (TPSA) is 68.7 Å². The van der Waals surface area contributed by atoms with E-state index in [-0.39, 0.29) is 12.5 Å². The highest BCUT2D eigenvalue weighted by molar-refractivity contribution is 5.92. The number of aliphatic hydroxyl groups is 1. The fraction of sp³-hybridized carbons (Fsp3) is 0.571. The first kappa shape index (κ1) is 14.7. The summed E-state index contributed by atoms with van der Waals surface area (Å²) in [5.41, 5.74) is 0.485. The van der Waals surface area contributed by atoms with Gasteiger partial charge in [0.1, 0.15) is 11.5 Å². The van der Waals surface area contributed by atoms with E-state index in [0.717, 1.165) is 25.5 Å². The van der Waals surface area contributed by atoms with Crippen LogP contribution in [-0.2, 0) is 0 Å². The fourth-order valence-electron chi connectivity index (χ4n) is 2.31. The molecular weight excluding hydrogens is 256 g/mol. The normalized spacial score (nSPS) is 16.2. The smallest absolute Gasteiger partial charge is 0.272 e. The summed E-state index contributed by atoms with van der Waals surface area (Å²) in [7, 11) is 0. The Kier molecular flexibility index (Phi) is 5.31. The molecule has 1 fully saturated rings. The Labute approximate surface area is 119 Å². The number of nitrogens with one attached hydrogen (secondary N) is 1. The third-order valence-corrected chi connectivity index (χ3v) is 3.40. The van der Waals surface area contributed by atoms with Gasteiger partial charge in [-0.3, -0.25) is 9.69 Å². The van der Waals surface area contributed by atoms with Crippen molar-refractivity contribution in [2.75, 3.05) is 51.2 Å². The Morgan fingerprint density at radius 2 is 2.10 bits per heavy atom. The van der Waals surface area contributed by atoms with E-state index in [2.05, 4.69) is 15.2 Å². The molecule has 2 rings (SSSR count). The van der Waals surface area contributed by atoms with Crippen molar-refractivity contribution in [1.82, 2.24) is 14.8 Å². The minimum Gasteiger partial charge on any atom is -0.395 e. The van der Waals surface area contributed by atoms with Gasteiger partial charge in [-0.25, -0.2) is 4.98 Å². The monoisotopic (exact) mass is 278 g/mol. The third-order valence-electron chi connectivity index (χ3n) is 3.40. The number of piperazine rings is 1. The molecule has 110 valence electrons. The molecule has 2 N–H and O–H groups in total. The summed E-state index contributed by atoms with van der Waals surface area (Å²) >= 11 is 0. The molecule has 1 aromatic heterocycles. The number of anilines is 1. The van der Waals surface area contributed by atoms with Crippen LogP contribution in [0.1, 0.15) is 17.4 Å². The van der Waals surface area contributed by atoms with E-state index in [1.54, 1.807) is 6.07 Å². The molecule has 0 radical (unpaired) electrons. The van der Waals surface area contributed by atoms with Gasteiger partial charge in [0.05, 0.1) is 6.61 Å². The second kappa shape index (κ2) is 7.21. The first-order valence-corrected chi connectivity index (χ1v) is 7.08. The molecule has 1 saturated heterocycles. The first-order valence-electron chi connectivity index (χ1n) is 7.08. The molecule has 2 heterocycles. The predicted molar refractivity (Wildman–Crippen MR) is 77.8 cm³/mol. The molecule has 0 unspecified atom stereocenters. The van der Waals surface area contributed by atoms with Crippen LogP contribution in [0.4, 0.5) is 5.82 Å². The number of pyridine rings is 1. The summed E-state index contributed by atoms with van der Waals surface area (Å²) in [6, 6.07) is 5.46. The molecule has 0 aromatic carbocycles. The van der Waals surface area contributed by atoms with Gasteiger partial charge in [0.15, 0.2) is 0 Å². The van der Waals surface area contributed by atoms with Crippen LogP contribution >= 0.6 is 0 Å². The van der Waals surface area contributed by atoms with Gasteiger partial charge < -0.3 is 15.3 Å². The van der Waals surface area contributed by atoms with Gasteiger partial charge in [-0.2, -0.15) is 0 Å². The minimum atomic E-state index is -0.0200. The lowest BCUT2D eigenvalue weighted by Crippen LogP contribution is -2.49. The maximum Gasteiger partial charge on any atom is 0.272 e. The molecule has 0 aliphatic carbocycles. The Balaban J connectivity index is 1.96. The second-order valence-electron chi connectivity index (χ2n) is 4.80. The number of carbonyl (C=O) groups is 1. The number of rotatable bonds is 5. The molecule has 1 aliphatic rings. The number of hydrogen-bond donors (Lipinski definition) is 2. The SMILES string of the molecule is CCNc1cccc(C(=O)N2CCN(CCO)CC2)n1. The highest BCUT2D eigenvalue weighted by Gasteiger charge is 2.22. The Morgan fingerprint density at radius 1 is 1.35 bits per heavy atom. The van der Waals surface area contributed by atoms with Crippen LogP contribution in [0.25, 0.3) is 0 Å². The molecule has 1 amide bonds. The first-order chi connectivity index (χ1) is 9.74. The Hall–Kier alpha value is -1.66. The van der Waals surface area contributed by atoms with E-state index < -0.39 is 0 Å². The zero-order valence-corrected chi connectivity index (χ0v) is 11.9. The van der Waals surface area contributed by atoms with Gasteiger partial charge >= 0.3 is 0 Å². The lowest BCUT2D eigenvalue weighted by molar-refractivity contribution is 0.0609. The lowest BCUT2D eigenvalue weighted by atomic mass is 10.2. The lowest BCUT2D eigenvalue weighted by Gasteiger charge is -2.34. The van der Waals surface area contributed by atoms with Crippen LogP contribution in [-0.4, -0.2) is 71.7 Å². The van der Waals surface area contributed by atoms with Crippen molar-refractivity contribution in [3.05, 3.63) is 23.9 Å². The number of hydrogen-bond acceptors (Lipinski definition) is 5. The van der Waals surface area contributed by atoms with E-state index >= 15 is 0 Å². The molecule has 0 spiro atoms. The van der Waals surface area contributed by atoms with Gasteiger partial charge in [-0.15, -0.1) is 0 Å². The highest BCUT2D eigenvalue weighted by Crippen LogP contribution is 2.10. The Bertz CT molecular complexity index is 445. The van der Waals surface area contributed by atoms with E-state index in [1.165, 1.54) is 0 Å². The summed E-state index contributed by atoms with van der Waals surface area (Å²) in [6.45, 7) is 6.60. The van der Waals surface area contributed by atoms with Gasteiger partial charge in [-0.05, 0) is 19.1 Å². The van der Waals surface area contributed by atoms with E-state index in [9.17, 15) is 4.79 Å². The number of nitrogens with zero attached hydrogens (tertiary/aromatic N) is 3. The van der Waals surface area contributed by atoms with Gasteiger partial charge in [0.2, 0.25) is 0 Å². The van der Waals surface area contributed by atoms with E-state index in [1.807, 2.05) is 24.0 Å². The molecule has 20 heavy (non-hydrogen) atoms. The van der Waals surface area contributed by atoms with E-state index in [0.29, 0.717) is 25.3 Å². The van der Waals surface area contributed by atoms with Crippen molar-refractivity contribution in [3.63, 3.8) is 0 Å². The Morgan fingerprint density at radius 3 is 2.75 bits per heavy atom. The fourth-order valence-corrected chi connectivity index (χ4v) is 2.31. The summed E-state index contributed by atoms with van der Waals surface area (Å²) in [5, 5.41) is 12.0. The summed E-state index contributed by atoms with van der Waals surface area (Å²) in [6.07, 6.45) is 0. The largest absolute Gasteiger partial charge is 0.395 e.